The summed E-state index contributed by atoms with van der Waals surface area (Å²) in [4.78, 5) is 16.4. The molecule has 0 amide bonds. The van der Waals surface area contributed by atoms with E-state index >= 15 is 4.39 Å². The molecule has 4 heterocycles. The monoisotopic (exact) mass is 384 g/mol. The van der Waals surface area contributed by atoms with E-state index in [1.54, 1.807) is 24.7 Å². The van der Waals surface area contributed by atoms with Crippen LogP contribution in [0.15, 0.2) is 48.9 Å². The Morgan fingerprint density at radius 3 is 2.86 bits per heavy atom. The molecule has 140 valence electrons. The first-order chi connectivity index (χ1) is 14.2. The maximum absolute atomic E-state index is 15.1. The minimum absolute atomic E-state index is 0.0407. The quantitative estimate of drug-likeness (QED) is 0.471. The van der Waals surface area contributed by atoms with Gasteiger partial charge in [0.05, 0.1) is 35.8 Å². The zero-order chi connectivity index (χ0) is 20.0. The average molecular weight is 384 g/mol. The van der Waals surface area contributed by atoms with Crippen molar-refractivity contribution in [2.24, 2.45) is 0 Å². The summed E-state index contributed by atoms with van der Waals surface area (Å²) in [5, 5.41) is 12.8. The highest BCUT2D eigenvalue weighted by molar-refractivity contribution is 5.95. The number of aromatic amines is 1. The van der Waals surface area contributed by atoms with Crippen LogP contribution in [0, 0.1) is 17.1 Å². The second-order valence-electron chi connectivity index (χ2n) is 6.37. The predicted octanol–water partition coefficient (Wildman–Crippen LogP) is 4.28. The highest BCUT2D eigenvalue weighted by Gasteiger charge is 2.26. The van der Waals surface area contributed by atoms with Crippen LogP contribution in [-0.4, -0.2) is 27.0 Å². The minimum atomic E-state index is -0.644. The summed E-state index contributed by atoms with van der Waals surface area (Å²) >= 11 is 0. The third-order valence-corrected chi connectivity index (χ3v) is 4.79. The fourth-order valence-corrected chi connectivity index (χ4v) is 3.46. The van der Waals surface area contributed by atoms with Crippen molar-refractivity contribution in [1.29, 1.82) is 5.26 Å². The smallest absolute Gasteiger partial charge is 0.177 e. The SMILES string of the molecule is COc1ccc(C#N)c(-c2nc3c([nH]2)-c2ccncc2Nc2ncccc2-3)c1F. The summed E-state index contributed by atoms with van der Waals surface area (Å²) in [6.07, 6.45) is 5.03. The molecule has 0 unspecified atom stereocenters. The number of fused-ring (bicyclic) bond motifs is 5. The molecule has 0 atom stereocenters. The fraction of sp³-hybridized carbons (Fsp3) is 0.0476. The van der Waals surface area contributed by atoms with Crippen molar-refractivity contribution in [3.8, 4) is 45.7 Å². The van der Waals surface area contributed by atoms with Crippen LogP contribution in [0.1, 0.15) is 5.56 Å². The van der Waals surface area contributed by atoms with Crippen LogP contribution in [-0.2, 0) is 0 Å². The van der Waals surface area contributed by atoms with Crippen molar-refractivity contribution < 1.29 is 9.13 Å². The lowest BCUT2D eigenvalue weighted by atomic mass is 10.1. The average Bonchev–Trinajstić information content (AvgIpc) is 3.13. The molecule has 4 aromatic rings. The van der Waals surface area contributed by atoms with Crippen molar-refractivity contribution in [2.75, 3.05) is 12.4 Å². The summed E-state index contributed by atoms with van der Waals surface area (Å²) in [6, 6.07) is 10.5. The number of imidazole rings is 1. The van der Waals surface area contributed by atoms with Crippen LogP contribution >= 0.6 is 0 Å². The third-order valence-electron chi connectivity index (χ3n) is 4.79. The van der Waals surface area contributed by atoms with Crippen molar-refractivity contribution in [3.05, 3.63) is 60.3 Å². The van der Waals surface area contributed by atoms with Crippen LogP contribution in [0.2, 0.25) is 0 Å². The van der Waals surface area contributed by atoms with E-state index in [9.17, 15) is 5.26 Å². The number of ether oxygens (including phenoxy) is 1. The van der Waals surface area contributed by atoms with Gasteiger partial charge in [-0.05, 0) is 30.3 Å². The van der Waals surface area contributed by atoms with Gasteiger partial charge in [-0.2, -0.15) is 5.26 Å². The second kappa shape index (κ2) is 6.42. The molecular weight excluding hydrogens is 371 g/mol. The largest absolute Gasteiger partial charge is 0.494 e. The van der Waals surface area contributed by atoms with E-state index in [4.69, 9.17) is 4.74 Å². The Labute approximate surface area is 164 Å². The molecule has 0 radical (unpaired) electrons. The van der Waals surface area contributed by atoms with Gasteiger partial charge < -0.3 is 15.0 Å². The van der Waals surface area contributed by atoms with Crippen LogP contribution < -0.4 is 10.1 Å². The molecule has 0 aliphatic carbocycles. The number of halogens is 1. The van der Waals surface area contributed by atoms with Crippen molar-refractivity contribution in [2.45, 2.75) is 0 Å². The van der Waals surface area contributed by atoms with Gasteiger partial charge in [-0.15, -0.1) is 0 Å². The first-order valence-corrected chi connectivity index (χ1v) is 8.75. The number of pyridine rings is 2. The molecule has 0 saturated carbocycles. The lowest BCUT2D eigenvalue weighted by molar-refractivity contribution is 0.387. The Kier molecular flexibility index (Phi) is 3.74. The van der Waals surface area contributed by atoms with E-state index in [0.29, 0.717) is 17.2 Å². The first-order valence-electron chi connectivity index (χ1n) is 8.75. The van der Waals surface area contributed by atoms with E-state index in [0.717, 1.165) is 16.8 Å². The van der Waals surface area contributed by atoms with Crippen molar-refractivity contribution in [1.82, 2.24) is 19.9 Å². The molecule has 0 bridgehead atoms. The van der Waals surface area contributed by atoms with Gasteiger partial charge in [0.15, 0.2) is 11.6 Å². The molecule has 5 rings (SSSR count). The van der Waals surface area contributed by atoms with E-state index in [2.05, 4.69) is 25.3 Å². The molecule has 29 heavy (non-hydrogen) atoms. The van der Waals surface area contributed by atoms with Crippen LogP contribution in [0.25, 0.3) is 33.9 Å². The highest BCUT2D eigenvalue weighted by Crippen LogP contribution is 2.43. The lowest BCUT2D eigenvalue weighted by Crippen LogP contribution is -1.98. The van der Waals surface area contributed by atoms with Gasteiger partial charge in [-0.25, -0.2) is 14.4 Å². The number of H-pyrrole nitrogens is 1. The number of nitrogens with one attached hydrogen (secondary N) is 2. The highest BCUT2D eigenvalue weighted by atomic mass is 19.1. The van der Waals surface area contributed by atoms with Gasteiger partial charge in [0.1, 0.15) is 23.4 Å². The Bertz CT molecular complexity index is 1240. The second-order valence-corrected chi connectivity index (χ2v) is 6.37. The maximum Gasteiger partial charge on any atom is 0.177 e. The molecule has 8 heteroatoms. The summed E-state index contributed by atoms with van der Waals surface area (Å²) in [5.41, 5.74) is 3.82. The number of hydrogen-bond acceptors (Lipinski definition) is 6. The molecule has 0 saturated heterocycles. The number of nitrogens with zero attached hydrogens (tertiary/aromatic N) is 4. The predicted molar refractivity (Wildman–Crippen MR) is 105 cm³/mol. The standard InChI is InChI=1S/C21H13FN6O/c1-29-15-5-4-11(9-23)16(17(15)22)21-27-18-12-6-8-24-10-14(12)26-20-13(19(18)28-21)3-2-7-25-20/h2-8,10H,1H3,(H,25,26)(H,27,28). The topological polar surface area (TPSA) is 99.5 Å². The van der Waals surface area contributed by atoms with Gasteiger partial charge in [-0.1, -0.05) is 0 Å². The van der Waals surface area contributed by atoms with E-state index in [1.165, 1.54) is 19.2 Å². The molecule has 3 aromatic heterocycles. The Hall–Kier alpha value is -4.25. The van der Waals surface area contributed by atoms with Gasteiger partial charge in [0.2, 0.25) is 0 Å². The molecule has 1 aliphatic rings. The van der Waals surface area contributed by atoms with Crippen LogP contribution in [0.4, 0.5) is 15.9 Å². The van der Waals surface area contributed by atoms with Gasteiger partial charge in [-0.3, -0.25) is 4.98 Å². The number of nitriles is 1. The van der Waals surface area contributed by atoms with E-state index in [-0.39, 0.29) is 22.7 Å². The number of benzene rings is 1. The molecule has 0 spiro atoms. The first kappa shape index (κ1) is 16.9. The molecule has 0 fully saturated rings. The van der Waals surface area contributed by atoms with Gasteiger partial charge in [0.25, 0.3) is 0 Å². The summed E-state index contributed by atoms with van der Waals surface area (Å²) in [7, 11) is 1.38. The third kappa shape index (κ3) is 2.52. The lowest BCUT2D eigenvalue weighted by Gasteiger charge is -2.09. The number of hydrogen-bond donors (Lipinski definition) is 2. The zero-order valence-corrected chi connectivity index (χ0v) is 15.2. The summed E-state index contributed by atoms with van der Waals surface area (Å²) in [5.74, 6) is 0.251. The number of methoxy groups -OCH3 is 1. The van der Waals surface area contributed by atoms with Crippen LogP contribution in [0.3, 0.4) is 0 Å². The van der Waals surface area contributed by atoms with Gasteiger partial charge >= 0.3 is 0 Å². The van der Waals surface area contributed by atoms with Crippen molar-refractivity contribution in [3.63, 3.8) is 0 Å². The normalized spacial score (nSPS) is 11.3. The number of rotatable bonds is 2. The summed E-state index contributed by atoms with van der Waals surface area (Å²) < 4.78 is 20.2. The molecule has 7 nitrogen and oxygen atoms in total. The number of anilines is 2. The molecular formula is C21H13FN6O. The zero-order valence-electron chi connectivity index (χ0n) is 15.2. The van der Waals surface area contributed by atoms with Crippen LogP contribution in [0.5, 0.6) is 5.75 Å². The van der Waals surface area contributed by atoms with E-state index < -0.39 is 5.82 Å². The Morgan fingerprint density at radius 2 is 2.03 bits per heavy atom. The van der Waals surface area contributed by atoms with Gasteiger partial charge in [0, 0.05) is 23.5 Å². The maximum atomic E-state index is 15.1. The molecule has 1 aliphatic heterocycles. The van der Waals surface area contributed by atoms with E-state index in [1.807, 2.05) is 18.2 Å². The number of aromatic nitrogens is 4. The molecule has 1 aromatic carbocycles. The minimum Gasteiger partial charge on any atom is -0.494 e. The Balaban J connectivity index is 1.83. The molecule has 2 N–H and O–H groups in total. The fourth-order valence-electron chi connectivity index (χ4n) is 3.46. The summed E-state index contributed by atoms with van der Waals surface area (Å²) in [6.45, 7) is 0. The van der Waals surface area contributed by atoms with Crippen molar-refractivity contribution >= 4 is 11.5 Å². The Morgan fingerprint density at radius 1 is 1.14 bits per heavy atom.